The number of carbonyl (C=O) groups excluding carboxylic acids is 1. The van der Waals surface area contributed by atoms with E-state index in [-0.39, 0.29) is 13.2 Å². The first-order valence-electron chi connectivity index (χ1n) is 6.05. The summed E-state index contributed by atoms with van der Waals surface area (Å²) < 4.78 is 12.1. The molecule has 1 aromatic heterocycles. The third kappa shape index (κ3) is 3.47. The minimum absolute atomic E-state index is 0.0707. The summed E-state index contributed by atoms with van der Waals surface area (Å²) in [6, 6.07) is 6.77. The maximum Gasteiger partial charge on any atom is 0.344 e. The van der Waals surface area contributed by atoms with E-state index in [2.05, 4.69) is 10.2 Å². The first kappa shape index (κ1) is 13.9. The van der Waals surface area contributed by atoms with Crippen LogP contribution in [0.5, 0.6) is 5.75 Å². The third-order valence-electron chi connectivity index (χ3n) is 2.78. The fraction of sp³-hybridized carbons (Fsp3) is 0.308. The number of ether oxygens (including phenoxy) is 2. The Morgan fingerprint density at radius 1 is 1.30 bits per heavy atom. The summed E-state index contributed by atoms with van der Waals surface area (Å²) in [5.41, 5.74) is 6.19. The van der Waals surface area contributed by atoms with Gasteiger partial charge in [-0.2, -0.15) is 0 Å². The number of rotatable bonds is 5. The van der Waals surface area contributed by atoms with Crippen LogP contribution in [0.25, 0.3) is 0 Å². The van der Waals surface area contributed by atoms with Gasteiger partial charge in [0.15, 0.2) is 19.0 Å². The van der Waals surface area contributed by atoms with Crippen molar-refractivity contribution in [3.8, 4) is 5.75 Å². The second-order valence-electron chi connectivity index (χ2n) is 4.24. The maximum atomic E-state index is 11.5. The van der Waals surface area contributed by atoms with Crippen LogP contribution in [0.15, 0.2) is 24.3 Å². The van der Waals surface area contributed by atoms with Crippen LogP contribution in [-0.4, -0.2) is 27.3 Å². The molecule has 0 amide bonds. The molecule has 0 radical (unpaired) electrons. The molecule has 7 heteroatoms. The van der Waals surface area contributed by atoms with Gasteiger partial charge in [0.2, 0.25) is 0 Å². The SMILES string of the molecule is Cc1nnc(COC(=O)COc2ccc(N)cc2)n1C. The van der Waals surface area contributed by atoms with Crippen LogP contribution in [0.1, 0.15) is 11.6 Å². The molecule has 0 spiro atoms. The summed E-state index contributed by atoms with van der Waals surface area (Å²) >= 11 is 0. The number of aryl methyl sites for hydroxylation is 1. The topological polar surface area (TPSA) is 92.3 Å². The van der Waals surface area contributed by atoms with Crippen LogP contribution in [-0.2, 0) is 23.2 Å². The van der Waals surface area contributed by atoms with Crippen molar-refractivity contribution in [3.05, 3.63) is 35.9 Å². The van der Waals surface area contributed by atoms with Gasteiger partial charge in [-0.25, -0.2) is 4.79 Å². The highest BCUT2D eigenvalue weighted by atomic mass is 16.6. The molecule has 2 rings (SSSR count). The van der Waals surface area contributed by atoms with Gasteiger partial charge in [-0.1, -0.05) is 0 Å². The van der Waals surface area contributed by atoms with Gasteiger partial charge in [0.05, 0.1) is 0 Å². The quantitative estimate of drug-likeness (QED) is 0.642. The molecule has 0 saturated heterocycles. The zero-order valence-corrected chi connectivity index (χ0v) is 11.4. The zero-order chi connectivity index (χ0) is 14.5. The minimum Gasteiger partial charge on any atom is -0.482 e. The number of nitrogens with two attached hydrogens (primary N) is 1. The monoisotopic (exact) mass is 276 g/mol. The predicted molar refractivity (Wildman–Crippen MR) is 71.9 cm³/mol. The summed E-state index contributed by atoms with van der Waals surface area (Å²) in [6.07, 6.45) is 0. The molecule has 1 aromatic carbocycles. The van der Waals surface area contributed by atoms with Crippen molar-refractivity contribution >= 4 is 11.7 Å². The number of nitrogen functional groups attached to an aromatic ring is 1. The molecule has 0 bridgehead atoms. The Morgan fingerprint density at radius 3 is 2.60 bits per heavy atom. The standard InChI is InChI=1S/C13H16N4O3/c1-9-15-16-12(17(9)2)7-20-13(18)8-19-11-5-3-10(14)4-6-11/h3-6H,7-8,14H2,1-2H3. The molecule has 0 saturated carbocycles. The lowest BCUT2D eigenvalue weighted by molar-refractivity contribution is -0.147. The summed E-state index contributed by atoms with van der Waals surface area (Å²) in [5, 5.41) is 7.77. The average molecular weight is 276 g/mol. The molecular formula is C13H16N4O3. The summed E-state index contributed by atoms with van der Waals surface area (Å²) in [5.74, 6) is 1.44. The van der Waals surface area contributed by atoms with Crippen LogP contribution in [0.4, 0.5) is 5.69 Å². The van der Waals surface area contributed by atoms with E-state index >= 15 is 0 Å². The molecule has 1 heterocycles. The smallest absolute Gasteiger partial charge is 0.344 e. The number of benzene rings is 1. The molecule has 0 aliphatic rings. The Labute approximate surface area is 116 Å². The van der Waals surface area contributed by atoms with E-state index in [1.807, 2.05) is 14.0 Å². The highest BCUT2D eigenvalue weighted by molar-refractivity contribution is 5.71. The van der Waals surface area contributed by atoms with Gasteiger partial charge < -0.3 is 19.8 Å². The second-order valence-corrected chi connectivity index (χ2v) is 4.24. The largest absolute Gasteiger partial charge is 0.482 e. The van der Waals surface area contributed by atoms with Gasteiger partial charge in [0, 0.05) is 12.7 Å². The van der Waals surface area contributed by atoms with Gasteiger partial charge in [-0.05, 0) is 31.2 Å². The highest BCUT2D eigenvalue weighted by Gasteiger charge is 2.09. The number of esters is 1. The fourth-order valence-corrected chi connectivity index (χ4v) is 1.47. The second kappa shape index (κ2) is 6.05. The number of nitrogens with zero attached hydrogens (tertiary/aromatic N) is 3. The number of hydrogen-bond acceptors (Lipinski definition) is 6. The van der Waals surface area contributed by atoms with Crippen LogP contribution in [0, 0.1) is 6.92 Å². The van der Waals surface area contributed by atoms with Crippen LogP contribution < -0.4 is 10.5 Å². The maximum absolute atomic E-state index is 11.5. The van der Waals surface area contributed by atoms with Gasteiger partial charge in [-0.15, -0.1) is 10.2 Å². The molecule has 2 aromatic rings. The van der Waals surface area contributed by atoms with Crippen molar-refractivity contribution in [2.75, 3.05) is 12.3 Å². The first-order valence-corrected chi connectivity index (χ1v) is 6.05. The van der Waals surface area contributed by atoms with Crippen molar-refractivity contribution < 1.29 is 14.3 Å². The normalized spacial score (nSPS) is 10.3. The van der Waals surface area contributed by atoms with Crippen LogP contribution >= 0.6 is 0 Å². The zero-order valence-electron chi connectivity index (χ0n) is 11.4. The van der Waals surface area contributed by atoms with E-state index in [0.717, 1.165) is 5.82 Å². The first-order chi connectivity index (χ1) is 9.56. The number of hydrogen-bond donors (Lipinski definition) is 1. The van der Waals surface area contributed by atoms with E-state index in [1.54, 1.807) is 28.8 Å². The molecule has 106 valence electrons. The summed E-state index contributed by atoms with van der Waals surface area (Å²) in [7, 11) is 1.81. The molecule has 0 aliphatic carbocycles. The minimum atomic E-state index is -0.470. The van der Waals surface area contributed by atoms with Crippen molar-refractivity contribution in [3.63, 3.8) is 0 Å². The van der Waals surface area contributed by atoms with Crippen molar-refractivity contribution in [2.24, 2.45) is 7.05 Å². The average Bonchev–Trinajstić information content (AvgIpc) is 2.76. The fourth-order valence-electron chi connectivity index (χ4n) is 1.47. The molecule has 0 atom stereocenters. The predicted octanol–water partition coefficient (Wildman–Crippen LogP) is 0.828. The molecule has 20 heavy (non-hydrogen) atoms. The molecule has 0 fully saturated rings. The van der Waals surface area contributed by atoms with Gasteiger partial charge in [0.25, 0.3) is 0 Å². The van der Waals surface area contributed by atoms with E-state index < -0.39 is 5.97 Å². The van der Waals surface area contributed by atoms with Crippen LogP contribution in [0.3, 0.4) is 0 Å². The highest BCUT2D eigenvalue weighted by Crippen LogP contribution is 2.12. The molecule has 7 nitrogen and oxygen atoms in total. The Balaban J connectivity index is 1.78. The van der Waals surface area contributed by atoms with Gasteiger partial charge in [0.1, 0.15) is 11.6 Å². The molecular weight excluding hydrogens is 260 g/mol. The molecule has 0 aliphatic heterocycles. The van der Waals surface area contributed by atoms with Crippen LogP contribution in [0.2, 0.25) is 0 Å². The number of anilines is 1. The van der Waals surface area contributed by atoms with E-state index in [4.69, 9.17) is 15.2 Å². The Bertz CT molecular complexity index is 592. The Hall–Kier alpha value is -2.57. The lowest BCUT2D eigenvalue weighted by Crippen LogP contribution is -2.16. The van der Waals surface area contributed by atoms with Crippen molar-refractivity contribution in [2.45, 2.75) is 13.5 Å². The summed E-state index contributed by atoms with van der Waals surface area (Å²) in [4.78, 5) is 11.5. The van der Waals surface area contributed by atoms with Gasteiger partial charge in [-0.3, -0.25) is 0 Å². The third-order valence-corrected chi connectivity index (χ3v) is 2.78. The summed E-state index contributed by atoms with van der Waals surface area (Å²) in [6.45, 7) is 1.73. The van der Waals surface area contributed by atoms with E-state index in [1.165, 1.54) is 0 Å². The Kier molecular flexibility index (Phi) is 4.19. The lowest BCUT2D eigenvalue weighted by atomic mass is 10.3. The van der Waals surface area contributed by atoms with Gasteiger partial charge >= 0.3 is 5.97 Å². The Morgan fingerprint density at radius 2 is 2.00 bits per heavy atom. The van der Waals surface area contributed by atoms with Crippen molar-refractivity contribution in [1.82, 2.24) is 14.8 Å². The van der Waals surface area contributed by atoms with E-state index in [0.29, 0.717) is 17.3 Å². The molecule has 0 unspecified atom stereocenters. The van der Waals surface area contributed by atoms with Crippen molar-refractivity contribution in [1.29, 1.82) is 0 Å². The number of carbonyl (C=O) groups is 1. The molecule has 2 N–H and O–H groups in total. The van der Waals surface area contributed by atoms with E-state index in [9.17, 15) is 4.79 Å². The lowest BCUT2D eigenvalue weighted by Gasteiger charge is -2.07. The number of aromatic nitrogens is 3.